The summed E-state index contributed by atoms with van der Waals surface area (Å²) in [5, 5.41) is 16.9. The number of ether oxygens (including phenoxy) is 1. The quantitative estimate of drug-likeness (QED) is 0.379. The Morgan fingerprint density at radius 2 is 1.97 bits per heavy atom. The predicted molar refractivity (Wildman–Crippen MR) is 133 cm³/mol. The van der Waals surface area contributed by atoms with Crippen LogP contribution in [0.15, 0.2) is 61.2 Å². The average Bonchev–Trinajstić information content (AvgIpc) is 3.79. The molecule has 2 N–H and O–H groups in total. The van der Waals surface area contributed by atoms with Crippen LogP contribution in [0, 0.1) is 11.3 Å². The Balaban J connectivity index is 1.29. The van der Waals surface area contributed by atoms with Crippen LogP contribution in [0.4, 0.5) is 10.5 Å². The minimum absolute atomic E-state index is 0.175. The highest BCUT2D eigenvalue weighted by Crippen LogP contribution is 2.45. The molecule has 2 amide bonds. The average molecular weight is 467 g/mol. The number of anilines is 1. The fourth-order valence-electron chi connectivity index (χ4n) is 4.47. The van der Waals surface area contributed by atoms with E-state index in [1.165, 1.54) is 0 Å². The number of nitrogens with zero attached hydrogens (tertiary/aromatic N) is 4. The first-order valence-electron chi connectivity index (χ1n) is 12.0. The summed E-state index contributed by atoms with van der Waals surface area (Å²) in [4.78, 5) is 16.1. The number of nitrogens with one attached hydrogen (secondary N) is 2. The number of rotatable bonds is 8. The molecule has 176 valence electrons. The highest BCUT2D eigenvalue weighted by atomic mass is 16.5. The Labute approximate surface area is 203 Å². The van der Waals surface area contributed by atoms with Crippen LogP contribution < -0.4 is 15.4 Å². The smallest absolute Gasteiger partial charge is 0.319 e. The van der Waals surface area contributed by atoms with Crippen LogP contribution in [0.2, 0.25) is 0 Å². The van der Waals surface area contributed by atoms with Gasteiger partial charge in [0.05, 0.1) is 29.6 Å². The first kappa shape index (κ1) is 21.3. The van der Waals surface area contributed by atoms with Crippen molar-refractivity contribution in [3.05, 3.63) is 66.7 Å². The zero-order valence-electron chi connectivity index (χ0n) is 19.3. The van der Waals surface area contributed by atoms with Crippen molar-refractivity contribution < 1.29 is 9.53 Å². The van der Waals surface area contributed by atoms with Crippen molar-refractivity contribution in [1.82, 2.24) is 19.4 Å². The van der Waals surface area contributed by atoms with E-state index in [2.05, 4.69) is 26.3 Å². The van der Waals surface area contributed by atoms with Gasteiger partial charge in [0.25, 0.3) is 0 Å². The summed E-state index contributed by atoms with van der Waals surface area (Å²) in [6.07, 6.45) is 9.72. The van der Waals surface area contributed by atoms with E-state index in [1.807, 2.05) is 53.2 Å². The molecule has 0 unspecified atom stereocenters. The highest BCUT2D eigenvalue weighted by Gasteiger charge is 2.31. The van der Waals surface area contributed by atoms with Crippen LogP contribution in [0.5, 0.6) is 5.75 Å². The molecule has 2 aliphatic rings. The molecule has 0 aliphatic heterocycles. The second-order valence-corrected chi connectivity index (χ2v) is 9.21. The van der Waals surface area contributed by atoms with E-state index in [0.717, 1.165) is 65.8 Å². The van der Waals surface area contributed by atoms with Gasteiger partial charge in [-0.15, -0.1) is 0 Å². The molecule has 8 nitrogen and oxygen atoms in total. The number of nitriles is 1. The predicted octanol–water partition coefficient (Wildman–Crippen LogP) is 5.07. The first-order valence-corrected chi connectivity index (χ1v) is 12.0. The molecule has 0 atom stereocenters. The maximum absolute atomic E-state index is 12.1. The minimum Gasteiger partial charge on any atom is -0.492 e. The second-order valence-electron chi connectivity index (χ2n) is 9.21. The summed E-state index contributed by atoms with van der Waals surface area (Å²) in [6.45, 7) is 1.25. The second kappa shape index (κ2) is 8.84. The van der Waals surface area contributed by atoms with Gasteiger partial charge in [-0.25, -0.2) is 9.78 Å². The Hall–Kier alpha value is -4.25. The molecule has 6 rings (SSSR count). The first-order chi connectivity index (χ1) is 17.2. The lowest BCUT2D eigenvalue weighted by atomic mass is 10.1. The maximum Gasteiger partial charge on any atom is 0.319 e. The van der Waals surface area contributed by atoms with Gasteiger partial charge in [0, 0.05) is 41.6 Å². The van der Waals surface area contributed by atoms with E-state index in [0.29, 0.717) is 24.3 Å². The van der Waals surface area contributed by atoms with Crippen molar-refractivity contribution in [1.29, 1.82) is 5.26 Å². The summed E-state index contributed by atoms with van der Waals surface area (Å²) < 4.78 is 10.3. The van der Waals surface area contributed by atoms with Gasteiger partial charge in [-0.3, -0.25) is 0 Å². The lowest BCUT2D eigenvalue weighted by Crippen LogP contribution is -2.30. The van der Waals surface area contributed by atoms with Gasteiger partial charge in [0.1, 0.15) is 18.4 Å². The molecule has 2 saturated carbocycles. The van der Waals surface area contributed by atoms with Crippen LogP contribution in [-0.2, 0) is 6.54 Å². The molecule has 2 heterocycles. The maximum atomic E-state index is 12.1. The highest BCUT2D eigenvalue weighted by molar-refractivity contribution is 5.96. The van der Waals surface area contributed by atoms with E-state index in [-0.39, 0.29) is 6.03 Å². The Bertz CT molecular complexity index is 1410. The normalized spacial score (nSPS) is 15.1. The van der Waals surface area contributed by atoms with E-state index < -0.39 is 0 Å². The van der Waals surface area contributed by atoms with E-state index in [9.17, 15) is 10.1 Å². The molecule has 2 fully saturated rings. The summed E-state index contributed by atoms with van der Waals surface area (Å²) in [5.41, 5.74) is 4.30. The van der Waals surface area contributed by atoms with E-state index >= 15 is 0 Å². The third-order valence-corrected chi connectivity index (χ3v) is 6.51. The van der Waals surface area contributed by atoms with Crippen LogP contribution in [0.3, 0.4) is 0 Å². The van der Waals surface area contributed by atoms with Crippen molar-refractivity contribution in [2.24, 2.45) is 0 Å². The molecular formula is C27H26N6O2. The van der Waals surface area contributed by atoms with Crippen LogP contribution in [0.25, 0.3) is 22.2 Å². The Kier molecular flexibility index (Phi) is 5.38. The number of benzene rings is 2. The van der Waals surface area contributed by atoms with Gasteiger partial charge in [0.15, 0.2) is 0 Å². The summed E-state index contributed by atoms with van der Waals surface area (Å²) in [5.74, 6) is 0.786. The fourth-order valence-corrected chi connectivity index (χ4v) is 4.47. The number of imidazole rings is 1. The van der Waals surface area contributed by atoms with Gasteiger partial charge < -0.3 is 24.5 Å². The third-order valence-electron chi connectivity index (χ3n) is 6.51. The minimum atomic E-state index is -0.175. The summed E-state index contributed by atoms with van der Waals surface area (Å²) >= 11 is 0. The number of urea groups is 1. The lowest BCUT2D eigenvalue weighted by Gasteiger charge is -2.12. The monoisotopic (exact) mass is 466 g/mol. The zero-order chi connectivity index (χ0) is 23.8. The molecule has 0 spiro atoms. The molecule has 0 radical (unpaired) electrons. The number of hydrogen-bond acceptors (Lipinski definition) is 4. The van der Waals surface area contributed by atoms with E-state index in [1.54, 1.807) is 12.5 Å². The topological polar surface area (TPSA) is 96.9 Å². The van der Waals surface area contributed by atoms with Crippen molar-refractivity contribution in [2.45, 2.75) is 44.3 Å². The molecule has 0 saturated heterocycles. The van der Waals surface area contributed by atoms with Crippen LogP contribution in [0.1, 0.15) is 37.3 Å². The van der Waals surface area contributed by atoms with Gasteiger partial charge in [-0.05, 0) is 55.5 Å². The summed E-state index contributed by atoms with van der Waals surface area (Å²) in [7, 11) is 0. The molecule has 35 heavy (non-hydrogen) atoms. The number of hydrogen-bond donors (Lipinski definition) is 2. The van der Waals surface area contributed by atoms with E-state index in [4.69, 9.17) is 4.74 Å². The van der Waals surface area contributed by atoms with Crippen molar-refractivity contribution >= 4 is 22.6 Å². The number of fused-ring (bicyclic) bond motifs is 1. The molecule has 0 bridgehead atoms. The Morgan fingerprint density at radius 1 is 1.14 bits per heavy atom. The SMILES string of the molecule is N#Cc1c(-c2ccc(NC(=O)NC3CC3)cc2)n(C2CC2)c2cc(OCCn3ccnc3)ccc12. The van der Waals surface area contributed by atoms with Crippen LogP contribution >= 0.6 is 0 Å². The van der Waals surface area contributed by atoms with Crippen molar-refractivity contribution in [3.8, 4) is 23.1 Å². The van der Waals surface area contributed by atoms with Gasteiger partial charge >= 0.3 is 6.03 Å². The number of carbonyl (C=O) groups excluding carboxylic acids is 1. The largest absolute Gasteiger partial charge is 0.492 e. The van der Waals surface area contributed by atoms with Gasteiger partial charge in [-0.2, -0.15) is 5.26 Å². The molecule has 4 aromatic rings. The van der Waals surface area contributed by atoms with Gasteiger partial charge in [0.2, 0.25) is 0 Å². The number of aromatic nitrogens is 3. The summed E-state index contributed by atoms with van der Waals surface area (Å²) in [6, 6.07) is 16.7. The van der Waals surface area contributed by atoms with Crippen molar-refractivity contribution in [3.63, 3.8) is 0 Å². The van der Waals surface area contributed by atoms with Crippen LogP contribution in [-0.4, -0.2) is 32.8 Å². The van der Waals surface area contributed by atoms with Gasteiger partial charge in [-0.1, -0.05) is 12.1 Å². The standard InChI is InChI=1S/C27H26N6O2/c28-16-24-23-10-9-22(35-14-13-32-12-11-29-17-32)15-25(23)33(21-7-8-21)26(24)18-1-3-19(4-2-18)30-27(34)31-20-5-6-20/h1-4,9-12,15,17,20-21H,5-8,13-14H2,(H2,30,31,34). The third kappa shape index (κ3) is 4.45. The molecular weight excluding hydrogens is 440 g/mol. The number of carbonyl (C=O) groups is 1. The Morgan fingerprint density at radius 3 is 2.66 bits per heavy atom. The lowest BCUT2D eigenvalue weighted by molar-refractivity contribution is 0.251. The molecule has 2 aromatic heterocycles. The molecule has 2 aliphatic carbocycles. The molecule has 2 aromatic carbocycles. The van der Waals surface area contributed by atoms with Crippen molar-refractivity contribution in [2.75, 3.05) is 11.9 Å². The fraction of sp³-hybridized carbons (Fsp3) is 0.296. The number of amides is 2. The zero-order valence-corrected chi connectivity index (χ0v) is 19.3. The molecule has 8 heteroatoms.